The van der Waals surface area contributed by atoms with E-state index in [0.29, 0.717) is 23.8 Å². The number of hydrogen-bond donors (Lipinski definition) is 0. The number of alkyl halides is 1. The number of carbonyl (C=O) groups excluding carboxylic acids is 1. The molecule has 3 nitrogen and oxygen atoms in total. The van der Waals surface area contributed by atoms with E-state index in [2.05, 4.69) is 20.7 Å². The summed E-state index contributed by atoms with van der Waals surface area (Å²) in [6, 6.07) is 5.10. The summed E-state index contributed by atoms with van der Waals surface area (Å²) in [7, 11) is 1.33. The molecule has 0 saturated carbocycles. The molecule has 0 fully saturated rings. The third kappa shape index (κ3) is 3.39. The molecule has 82 valence electrons. The van der Waals surface area contributed by atoms with Crippen molar-refractivity contribution in [2.75, 3.05) is 19.6 Å². The van der Waals surface area contributed by atoms with Crippen molar-refractivity contribution in [3.05, 3.63) is 28.2 Å². The number of halogens is 2. The molecular weight excluding hydrogens is 283 g/mol. The van der Waals surface area contributed by atoms with E-state index in [1.54, 1.807) is 18.2 Å². The quantitative estimate of drug-likeness (QED) is 0.632. The number of methoxy groups -OCH3 is 1. The minimum atomic E-state index is -0.424. The molecule has 0 amide bonds. The summed E-state index contributed by atoms with van der Waals surface area (Å²) in [5.41, 5.74) is 0.394. The smallest absolute Gasteiger partial charge is 0.341 e. The van der Waals surface area contributed by atoms with E-state index < -0.39 is 5.97 Å². The van der Waals surface area contributed by atoms with Crippen LogP contribution in [0.1, 0.15) is 10.4 Å². The first-order chi connectivity index (χ1) is 7.19. The van der Waals surface area contributed by atoms with Gasteiger partial charge in [0.15, 0.2) is 0 Å². The molecule has 0 aliphatic heterocycles. The maximum atomic E-state index is 11.4. The van der Waals surface area contributed by atoms with Gasteiger partial charge in [0.25, 0.3) is 0 Å². The van der Waals surface area contributed by atoms with Crippen molar-refractivity contribution in [2.24, 2.45) is 0 Å². The van der Waals surface area contributed by atoms with Crippen LogP contribution in [0.25, 0.3) is 0 Å². The summed E-state index contributed by atoms with van der Waals surface area (Å²) in [6.07, 6.45) is 0. The van der Waals surface area contributed by atoms with E-state index in [0.717, 1.165) is 4.47 Å². The van der Waals surface area contributed by atoms with Crippen LogP contribution in [0.2, 0.25) is 0 Å². The molecule has 0 atom stereocenters. The lowest BCUT2D eigenvalue weighted by Crippen LogP contribution is -2.07. The lowest BCUT2D eigenvalue weighted by Gasteiger charge is -2.09. The predicted octanol–water partition coefficient (Wildman–Crippen LogP) is 2.85. The van der Waals surface area contributed by atoms with Gasteiger partial charge in [0.1, 0.15) is 17.9 Å². The molecule has 1 rings (SSSR count). The van der Waals surface area contributed by atoms with Crippen LogP contribution in [-0.4, -0.2) is 25.6 Å². The second-order valence-corrected chi connectivity index (χ2v) is 3.96. The molecular formula is C10H10BrClO3. The fraction of sp³-hybridized carbons (Fsp3) is 0.300. The van der Waals surface area contributed by atoms with E-state index in [4.69, 9.17) is 16.3 Å². The van der Waals surface area contributed by atoms with Crippen LogP contribution >= 0.6 is 27.5 Å². The molecule has 0 N–H and O–H groups in total. The van der Waals surface area contributed by atoms with E-state index in [9.17, 15) is 4.79 Å². The van der Waals surface area contributed by atoms with Crippen molar-refractivity contribution in [3.8, 4) is 5.75 Å². The average Bonchev–Trinajstić information content (AvgIpc) is 2.25. The van der Waals surface area contributed by atoms with Crippen LogP contribution in [0.3, 0.4) is 0 Å². The number of carbonyl (C=O) groups is 1. The van der Waals surface area contributed by atoms with Crippen LogP contribution < -0.4 is 4.74 Å². The normalized spacial score (nSPS) is 9.80. The largest absolute Gasteiger partial charge is 0.491 e. The van der Waals surface area contributed by atoms with Gasteiger partial charge in [-0.25, -0.2) is 4.79 Å². The molecule has 0 aliphatic rings. The SMILES string of the molecule is COC(=O)c1ccc(Br)cc1OCCCl. The van der Waals surface area contributed by atoms with Crippen LogP contribution in [-0.2, 0) is 4.74 Å². The zero-order valence-electron chi connectivity index (χ0n) is 8.13. The third-order valence-corrected chi connectivity index (χ3v) is 2.33. The van der Waals surface area contributed by atoms with Gasteiger partial charge in [0.2, 0.25) is 0 Å². The zero-order valence-corrected chi connectivity index (χ0v) is 10.5. The highest BCUT2D eigenvalue weighted by atomic mass is 79.9. The summed E-state index contributed by atoms with van der Waals surface area (Å²) in [4.78, 5) is 11.4. The molecule has 0 aliphatic carbocycles. The summed E-state index contributed by atoms with van der Waals surface area (Å²) >= 11 is 8.80. The second kappa shape index (κ2) is 5.98. The van der Waals surface area contributed by atoms with Gasteiger partial charge in [-0.1, -0.05) is 15.9 Å². The Morgan fingerprint density at radius 1 is 1.53 bits per heavy atom. The highest BCUT2D eigenvalue weighted by Crippen LogP contribution is 2.24. The van der Waals surface area contributed by atoms with E-state index in [1.807, 2.05) is 0 Å². The third-order valence-electron chi connectivity index (χ3n) is 1.68. The Morgan fingerprint density at radius 2 is 2.27 bits per heavy atom. The molecule has 5 heteroatoms. The minimum absolute atomic E-state index is 0.349. The van der Waals surface area contributed by atoms with Crippen molar-refractivity contribution in [1.82, 2.24) is 0 Å². The number of rotatable bonds is 4. The number of esters is 1. The number of benzene rings is 1. The maximum Gasteiger partial charge on any atom is 0.341 e. The molecule has 0 saturated heterocycles. The summed E-state index contributed by atoms with van der Waals surface area (Å²) in [5.74, 6) is 0.414. The van der Waals surface area contributed by atoms with E-state index in [1.165, 1.54) is 7.11 Å². The highest BCUT2D eigenvalue weighted by Gasteiger charge is 2.12. The van der Waals surface area contributed by atoms with Crippen molar-refractivity contribution >= 4 is 33.5 Å². The molecule has 0 radical (unpaired) electrons. The van der Waals surface area contributed by atoms with Gasteiger partial charge >= 0.3 is 5.97 Å². The predicted molar refractivity (Wildman–Crippen MR) is 61.7 cm³/mol. The van der Waals surface area contributed by atoms with E-state index in [-0.39, 0.29) is 0 Å². The average molecular weight is 294 g/mol. The summed E-state index contributed by atoms with van der Waals surface area (Å²) < 4.78 is 10.8. The first kappa shape index (κ1) is 12.3. The van der Waals surface area contributed by atoms with E-state index >= 15 is 0 Å². The van der Waals surface area contributed by atoms with Crippen molar-refractivity contribution in [2.45, 2.75) is 0 Å². The molecule has 0 aromatic heterocycles. The van der Waals surface area contributed by atoms with Crippen molar-refractivity contribution < 1.29 is 14.3 Å². The lowest BCUT2D eigenvalue weighted by molar-refractivity contribution is 0.0596. The molecule has 1 aromatic rings. The summed E-state index contributed by atoms with van der Waals surface area (Å²) in [6.45, 7) is 0.349. The van der Waals surface area contributed by atoms with Crippen LogP contribution in [0.5, 0.6) is 5.75 Å². The van der Waals surface area contributed by atoms with Crippen LogP contribution in [0.4, 0.5) is 0 Å². The molecule has 0 heterocycles. The second-order valence-electron chi connectivity index (χ2n) is 2.67. The Morgan fingerprint density at radius 3 is 2.87 bits per heavy atom. The Hall–Kier alpha value is -0.740. The monoisotopic (exact) mass is 292 g/mol. The summed E-state index contributed by atoms with van der Waals surface area (Å²) in [5, 5.41) is 0. The highest BCUT2D eigenvalue weighted by molar-refractivity contribution is 9.10. The van der Waals surface area contributed by atoms with Gasteiger partial charge in [-0.05, 0) is 18.2 Å². The standard InChI is InChI=1S/C10H10BrClO3/c1-14-10(13)8-3-2-7(11)6-9(8)15-5-4-12/h2-3,6H,4-5H2,1H3. The topological polar surface area (TPSA) is 35.5 Å². The minimum Gasteiger partial charge on any atom is -0.491 e. The molecule has 0 bridgehead atoms. The van der Waals surface area contributed by atoms with Gasteiger partial charge in [0, 0.05) is 4.47 Å². The Bertz CT molecular complexity index is 355. The molecule has 0 unspecified atom stereocenters. The van der Waals surface area contributed by atoms with Gasteiger partial charge in [-0.15, -0.1) is 11.6 Å². The fourth-order valence-electron chi connectivity index (χ4n) is 1.04. The zero-order chi connectivity index (χ0) is 11.3. The van der Waals surface area contributed by atoms with Gasteiger partial charge in [-0.3, -0.25) is 0 Å². The Balaban J connectivity index is 2.97. The Kier molecular flexibility index (Phi) is 4.91. The van der Waals surface area contributed by atoms with Gasteiger partial charge in [-0.2, -0.15) is 0 Å². The number of ether oxygens (including phenoxy) is 2. The molecule has 1 aromatic carbocycles. The van der Waals surface area contributed by atoms with Crippen LogP contribution in [0, 0.1) is 0 Å². The maximum absolute atomic E-state index is 11.4. The fourth-order valence-corrected chi connectivity index (χ4v) is 1.46. The molecule has 15 heavy (non-hydrogen) atoms. The van der Waals surface area contributed by atoms with Crippen molar-refractivity contribution in [3.63, 3.8) is 0 Å². The first-order valence-electron chi connectivity index (χ1n) is 4.25. The van der Waals surface area contributed by atoms with Crippen molar-refractivity contribution in [1.29, 1.82) is 0 Å². The molecule has 0 spiro atoms. The van der Waals surface area contributed by atoms with Gasteiger partial charge in [0.05, 0.1) is 13.0 Å². The number of hydrogen-bond acceptors (Lipinski definition) is 3. The lowest BCUT2D eigenvalue weighted by atomic mass is 10.2. The first-order valence-corrected chi connectivity index (χ1v) is 5.58. The Labute approximate surface area is 101 Å². The van der Waals surface area contributed by atoms with Crippen LogP contribution in [0.15, 0.2) is 22.7 Å². The van der Waals surface area contributed by atoms with Gasteiger partial charge < -0.3 is 9.47 Å².